The van der Waals surface area contributed by atoms with Gasteiger partial charge in [-0.25, -0.2) is 4.98 Å². The number of hydrogen-bond donors (Lipinski definition) is 0. The summed E-state index contributed by atoms with van der Waals surface area (Å²) >= 11 is 3.05. The van der Waals surface area contributed by atoms with E-state index in [0.717, 1.165) is 28.1 Å². The predicted molar refractivity (Wildman–Crippen MR) is 89.1 cm³/mol. The first-order valence-corrected chi connectivity index (χ1v) is 9.39. The van der Waals surface area contributed by atoms with Crippen LogP contribution in [0, 0.1) is 6.92 Å². The maximum Gasteiger partial charge on any atom is 0.275 e. The van der Waals surface area contributed by atoms with Gasteiger partial charge in [-0.15, -0.1) is 10.2 Å². The van der Waals surface area contributed by atoms with Gasteiger partial charge in [0.1, 0.15) is 10.8 Å². The number of hydrogen-bond acceptors (Lipinski definition) is 7. The van der Waals surface area contributed by atoms with Gasteiger partial charge in [-0.3, -0.25) is 4.79 Å². The van der Waals surface area contributed by atoms with Crippen molar-refractivity contribution in [3.8, 4) is 0 Å². The standard InChI is InChI=1S/C14H16N6OS2/c1-3-11-18-20-12(21)6-9(15-13(20)23-11)7-22-14-17-16-8(2)19(14)10-4-5-10/h6,10H,3-5,7H2,1-2H3. The molecule has 3 aromatic heterocycles. The molecule has 0 N–H and O–H groups in total. The first kappa shape index (κ1) is 14.8. The van der Waals surface area contributed by atoms with Crippen LogP contribution in [0.2, 0.25) is 0 Å². The zero-order valence-electron chi connectivity index (χ0n) is 12.9. The number of thioether (sulfide) groups is 1. The maximum atomic E-state index is 12.2. The van der Waals surface area contributed by atoms with E-state index in [1.54, 1.807) is 17.8 Å². The Hall–Kier alpha value is -1.74. The average Bonchev–Trinajstić information content (AvgIpc) is 3.16. The highest BCUT2D eigenvalue weighted by molar-refractivity contribution is 7.98. The van der Waals surface area contributed by atoms with E-state index in [9.17, 15) is 4.79 Å². The highest BCUT2D eigenvalue weighted by Crippen LogP contribution is 2.38. The molecule has 120 valence electrons. The molecule has 1 aliphatic carbocycles. The first-order valence-electron chi connectivity index (χ1n) is 7.58. The summed E-state index contributed by atoms with van der Waals surface area (Å²) in [6, 6.07) is 2.10. The van der Waals surface area contributed by atoms with E-state index in [4.69, 9.17) is 0 Å². The Balaban J connectivity index is 1.59. The van der Waals surface area contributed by atoms with Gasteiger partial charge in [0.05, 0.1) is 5.69 Å². The van der Waals surface area contributed by atoms with Crippen LogP contribution in [0.5, 0.6) is 0 Å². The minimum Gasteiger partial charge on any atom is -0.303 e. The summed E-state index contributed by atoms with van der Waals surface area (Å²) in [6.45, 7) is 4.00. The van der Waals surface area contributed by atoms with E-state index in [1.165, 1.54) is 28.7 Å². The Morgan fingerprint density at radius 3 is 2.96 bits per heavy atom. The Bertz CT molecular complexity index is 923. The second-order valence-corrected chi connectivity index (χ2v) is 7.53. The third kappa shape index (κ3) is 2.78. The van der Waals surface area contributed by atoms with Crippen molar-refractivity contribution in [2.75, 3.05) is 0 Å². The molecule has 0 aliphatic heterocycles. The van der Waals surface area contributed by atoms with E-state index in [2.05, 4.69) is 24.8 Å². The van der Waals surface area contributed by atoms with Crippen molar-refractivity contribution in [3.63, 3.8) is 0 Å². The Labute approximate surface area is 140 Å². The summed E-state index contributed by atoms with van der Waals surface area (Å²) in [6.07, 6.45) is 3.19. The SMILES string of the molecule is CCc1nn2c(=O)cc(CSc3nnc(C)n3C3CC3)nc2s1. The fourth-order valence-electron chi connectivity index (χ4n) is 2.45. The highest BCUT2D eigenvalue weighted by Gasteiger charge is 2.28. The van der Waals surface area contributed by atoms with Gasteiger partial charge in [-0.05, 0) is 26.2 Å². The molecule has 0 saturated heterocycles. The lowest BCUT2D eigenvalue weighted by molar-refractivity contribution is 0.644. The lowest BCUT2D eigenvalue weighted by atomic mass is 10.4. The molecule has 1 fully saturated rings. The van der Waals surface area contributed by atoms with Gasteiger partial charge in [-0.2, -0.15) is 9.61 Å². The molecule has 1 aliphatic rings. The van der Waals surface area contributed by atoms with Crippen molar-refractivity contribution in [3.05, 3.63) is 32.9 Å². The zero-order chi connectivity index (χ0) is 16.0. The van der Waals surface area contributed by atoms with Gasteiger partial charge in [0.15, 0.2) is 5.16 Å². The summed E-state index contributed by atoms with van der Waals surface area (Å²) in [5.41, 5.74) is 0.635. The van der Waals surface area contributed by atoms with Crippen LogP contribution in [-0.2, 0) is 12.2 Å². The van der Waals surface area contributed by atoms with E-state index in [1.807, 2.05) is 13.8 Å². The largest absolute Gasteiger partial charge is 0.303 e. The summed E-state index contributed by atoms with van der Waals surface area (Å²) in [5, 5.41) is 14.5. The highest BCUT2D eigenvalue weighted by atomic mass is 32.2. The molecule has 0 atom stereocenters. The van der Waals surface area contributed by atoms with Crippen LogP contribution >= 0.6 is 23.1 Å². The predicted octanol–water partition coefficient (Wildman–Crippen LogP) is 2.24. The fraction of sp³-hybridized carbons (Fsp3) is 0.500. The van der Waals surface area contributed by atoms with Gasteiger partial charge in [0, 0.05) is 17.9 Å². The number of nitrogens with zero attached hydrogens (tertiary/aromatic N) is 6. The Morgan fingerprint density at radius 1 is 1.39 bits per heavy atom. The van der Waals surface area contributed by atoms with Gasteiger partial charge < -0.3 is 4.57 Å². The van der Waals surface area contributed by atoms with Gasteiger partial charge in [0.25, 0.3) is 5.56 Å². The molecule has 0 radical (unpaired) electrons. The molecule has 3 heterocycles. The summed E-state index contributed by atoms with van der Waals surface area (Å²) in [5.74, 6) is 1.56. The fourth-order valence-corrected chi connectivity index (χ4v) is 4.25. The van der Waals surface area contributed by atoms with Crippen LogP contribution in [0.3, 0.4) is 0 Å². The lowest BCUT2D eigenvalue weighted by Crippen LogP contribution is -2.15. The monoisotopic (exact) mass is 348 g/mol. The lowest BCUT2D eigenvalue weighted by Gasteiger charge is -2.05. The molecule has 23 heavy (non-hydrogen) atoms. The van der Waals surface area contributed by atoms with Crippen molar-refractivity contribution in [2.24, 2.45) is 0 Å². The van der Waals surface area contributed by atoms with E-state index in [-0.39, 0.29) is 5.56 Å². The average molecular weight is 348 g/mol. The van der Waals surface area contributed by atoms with Crippen molar-refractivity contribution in [1.29, 1.82) is 0 Å². The zero-order valence-corrected chi connectivity index (χ0v) is 14.5. The van der Waals surface area contributed by atoms with Crippen LogP contribution in [-0.4, -0.2) is 29.4 Å². The molecular formula is C14H16N6OS2. The second kappa shape index (κ2) is 5.72. The number of fused-ring (bicyclic) bond motifs is 1. The van der Waals surface area contributed by atoms with Crippen LogP contribution in [0.15, 0.2) is 16.0 Å². The van der Waals surface area contributed by atoms with Crippen molar-refractivity contribution in [1.82, 2.24) is 29.4 Å². The molecule has 0 unspecified atom stereocenters. The summed E-state index contributed by atoms with van der Waals surface area (Å²) in [7, 11) is 0. The molecule has 0 spiro atoms. The van der Waals surface area contributed by atoms with E-state index < -0.39 is 0 Å². The smallest absolute Gasteiger partial charge is 0.275 e. The van der Waals surface area contributed by atoms with Crippen molar-refractivity contribution < 1.29 is 0 Å². The third-order valence-electron chi connectivity index (χ3n) is 3.74. The molecule has 0 amide bonds. The molecule has 0 aromatic carbocycles. The quantitative estimate of drug-likeness (QED) is 0.658. The minimum absolute atomic E-state index is 0.124. The molecule has 1 saturated carbocycles. The van der Waals surface area contributed by atoms with E-state index >= 15 is 0 Å². The molecule has 9 heteroatoms. The number of aryl methyl sites for hydroxylation is 2. The minimum atomic E-state index is -0.124. The summed E-state index contributed by atoms with van der Waals surface area (Å²) in [4.78, 5) is 17.4. The molecule has 3 aromatic rings. The topological polar surface area (TPSA) is 78.0 Å². The first-order chi connectivity index (χ1) is 11.2. The second-order valence-electron chi connectivity index (χ2n) is 5.55. The molecule has 0 bridgehead atoms. The van der Waals surface area contributed by atoms with Crippen molar-refractivity contribution >= 4 is 28.1 Å². The Kier molecular flexibility index (Phi) is 3.68. The van der Waals surface area contributed by atoms with Gasteiger partial charge in [-0.1, -0.05) is 30.0 Å². The number of aromatic nitrogens is 6. The van der Waals surface area contributed by atoms with Crippen LogP contribution < -0.4 is 5.56 Å². The molecule has 7 nitrogen and oxygen atoms in total. The molecule has 4 rings (SSSR count). The third-order valence-corrected chi connectivity index (χ3v) is 5.77. The summed E-state index contributed by atoms with van der Waals surface area (Å²) < 4.78 is 3.58. The van der Waals surface area contributed by atoms with Gasteiger partial charge in [0.2, 0.25) is 4.96 Å². The molecular weight excluding hydrogens is 332 g/mol. The van der Waals surface area contributed by atoms with Crippen LogP contribution in [0.25, 0.3) is 4.96 Å². The maximum absolute atomic E-state index is 12.2. The normalized spacial score (nSPS) is 14.7. The number of rotatable bonds is 5. The van der Waals surface area contributed by atoms with Crippen LogP contribution in [0.1, 0.15) is 42.3 Å². The Morgan fingerprint density at radius 2 is 2.22 bits per heavy atom. The van der Waals surface area contributed by atoms with Gasteiger partial charge >= 0.3 is 0 Å². The van der Waals surface area contributed by atoms with Crippen LogP contribution in [0.4, 0.5) is 0 Å². The van der Waals surface area contributed by atoms with Crippen molar-refractivity contribution in [2.45, 2.75) is 50.1 Å². The van der Waals surface area contributed by atoms with E-state index in [0.29, 0.717) is 16.8 Å².